The van der Waals surface area contributed by atoms with Crippen molar-refractivity contribution in [2.24, 2.45) is 7.05 Å². The van der Waals surface area contributed by atoms with Gasteiger partial charge < -0.3 is 14.8 Å². The molecule has 140 valence electrons. The van der Waals surface area contributed by atoms with Crippen LogP contribution in [0, 0.1) is 0 Å². The summed E-state index contributed by atoms with van der Waals surface area (Å²) in [6.07, 6.45) is -0.0112. The molecule has 0 fully saturated rings. The number of rotatable bonds is 5. The number of carbonyl (C=O) groups is 1. The van der Waals surface area contributed by atoms with Crippen LogP contribution in [0.25, 0.3) is 10.8 Å². The van der Waals surface area contributed by atoms with E-state index in [-0.39, 0.29) is 17.9 Å². The van der Waals surface area contributed by atoms with Gasteiger partial charge in [0.1, 0.15) is 11.5 Å². The van der Waals surface area contributed by atoms with Crippen LogP contribution in [0.1, 0.15) is 5.69 Å². The van der Waals surface area contributed by atoms with Crippen molar-refractivity contribution in [3.63, 3.8) is 0 Å². The molecule has 0 saturated heterocycles. The van der Waals surface area contributed by atoms with Gasteiger partial charge in [-0.2, -0.15) is 5.10 Å². The molecule has 0 unspecified atom stereocenters. The van der Waals surface area contributed by atoms with E-state index < -0.39 is 0 Å². The van der Waals surface area contributed by atoms with Crippen LogP contribution in [0.4, 0.5) is 5.69 Å². The van der Waals surface area contributed by atoms with Crippen molar-refractivity contribution in [1.82, 2.24) is 9.78 Å². The zero-order valence-electron chi connectivity index (χ0n) is 15.1. The summed E-state index contributed by atoms with van der Waals surface area (Å²) in [5.74, 6) is 0.514. The van der Waals surface area contributed by atoms with Crippen LogP contribution in [0.15, 0.2) is 41.2 Å². The third-order valence-electron chi connectivity index (χ3n) is 4.11. The third kappa shape index (κ3) is 3.73. The molecular formula is C19H18ClN3O4. The molecule has 0 atom stereocenters. The Morgan fingerprint density at radius 2 is 1.81 bits per heavy atom. The molecule has 8 heteroatoms. The van der Waals surface area contributed by atoms with E-state index in [2.05, 4.69) is 10.4 Å². The lowest BCUT2D eigenvalue weighted by molar-refractivity contribution is -0.115. The number of aryl methyl sites for hydroxylation is 1. The fourth-order valence-corrected chi connectivity index (χ4v) is 3.04. The van der Waals surface area contributed by atoms with Crippen LogP contribution in [-0.2, 0) is 18.3 Å². The highest BCUT2D eigenvalue weighted by atomic mass is 35.5. The first-order valence-corrected chi connectivity index (χ1v) is 8.48. The Labute approximate surface area is 160 Å². The van der Waals surface area contributed by atoms with Gasteiger partial charge in [-0.25, -0.2) is 4.68 Å². The molecule has 0 bridgehead atoms. The summed E-state index contributed by atoms with van der Waals surface area (Å²) < 4.78 is 11.7. The van der Waals surface area contributed by atoms with Crippen LogP contribution >= 0.6 is 11.6 Å². The lowest BCUT2D eigenvalue weighted by Gasteiger charge is -2.13. The minimum absolute atomic E-state index is 0.0112. The molecule has 0 saturated carbocycles. The zero-order valence-corrected chi connectivity index (χ0v) is 15.8. The minimum Gasteiger partial charge on any atom is -0.495 e. The average Bonchev–Trinajstić information content (AvgIpc) is 2.66. The fourth-order valence-electron chi connectivity index (χ4n) is 2.81. The Bertz CT molecular complexity index is 1080. The van der Waals surface area contributed by atoms with E-state index in [4.69, 9.17) is 21.1 Å². The number of hydrogen-bond donors (Lipinski definition) is 1. The molecule has 0 aliphatic heterocycles. The van der Waals surface area contributed by atoms with E-state index in [1.807, 2.05) is 0 Å². The van der Waals surface area contributed by atoms with Crippen LogP contribution < -0.4 is 20.3 Å². The molecule has 27 heavy (non-hydrogen) atoms. The van der Waals surface area contributed by atoms with Gasteiger partial charge in [0.05, 0.1) is 42.4 Å². The lowest BCUT2D eigenvalue weighted by atomic mass is 10.1. The number of amides is 1. The van der Waals surface area contributed by atoms with E-state index in [0.29, 0.717) is 38.7 Å². The van der Waals surface area contributed by atoms with Gasteiger partial charge in [-0.1, -0.05) is 29.8 Å². The van der Waals surface area contributed by atoms with Gasteiger partial charge in [-0.3, -0.25) is 9.59 Å². The molecule has 0 aliphatic rings. The molecule has 1 amide bonds. The molecule has 1 aromatic heterocycles. The van der Waals surface area contributed by atoms with Crippen LogP contribution in [0.3, 0.4) is 0 Å². The van der Waals surface area contributed by atoms with E-state index in [0.717, 1.165) is 0 Å². The molecule has 1 N–H and O–H groups in total. The summed E-state index contributed by atoms with van der Waals surface area (Å²) in [4.78, 5) is 24.8. The van der Waals surface area contributed by atoms with Gasteiger partial charge in [0, 0.05) is 24.6 Å². The van der Waals surface area contributed by atoms with Crippen molar-refractivity contribution < 1.29 is 14.3 Å². The molecular weight excluding hydrogens is 370 g/mol. The number of nitrogens with one attached hydrogen (secondary N) is 1. The predicted molar refractivity (Wildman–Crippen MR) is 104 cm³/mol. The standard InChI is InChI=1S/C19H18ClN3O4/c1-23-19(25)12-7-5-4-6-11(12)14(22-23)10-18(24)21-15-9-16(26-2)13(20)8-17(15)27-3/h4-9H,10H2,1-3H3,(H,21,24). The maximum Gasteiger partial charge on any atom is 0.274 e. The molecule has 3 rings (SSSR count). The largest absolute Gasteiger partial charge is 0.495 e. The van der Waals surface area contributed by atoms with Crippen molar-refractivity contribution in [1.29, 1.82) is 0 Å². The highest BCUT2D eigenvalue weighted by Crippen LogP contribution is 2.35. The van der Waals surface area contributed by atoms with E-state index in [1.54, 1.807) is 43.4 Å². The number of nitrogens with zero attached hydrogens (tertiary/aromatic N) is 2. The number of methoxy groups -OCH3 is 2. The Hall–Kier alpha value is -3.06. The number of fused-ring (bicyclic) bond motifs is 1. The topological polar surface area (TPSA) is 82.5 Å². The van der Waals surface area contributed by atoms with E-state index in [9.17, 15) is 9.59 Å². The molecule has 3 aromatic rings. The first-order valence-electron chi connectivity index (χ1n) is 8.11. The molecule has 1 heterocycles. The second-order valence-electron chi connectivity index (χ2n) is 5.83. The van der Waals surface area contributed by atoms with Gasteiger partial charge in [0.25, 0.3) is 5.56 Å². The quantitative estimate of drug-likeness (QED) is 0.728. The van der Waals surface area contributed by atoms with Crippen molar-refractivity contribution >= 4 is 34.0 Å². The predicted octanol–water partition coefficient (Wildman–Crippen LogP) is 2.79. The van der Waals surface area contributed by atoms with Crippen molar-refractivity contribution in [3.8, 4) is 11.5 Å². The summed E-state index contributed by atoms with van der Waals surface area (Å²) in [6.45, 7) is 0. The monoisotopic (exact) mass is 387 g/mol. The normalized spacial score (nSPS) is 10.7. The highest BCUT2D eigenvalue weighted by Gasteiger charge is 2.16. The first-order chi connectivity index (χ1) is 12.9. The molecule has 0 spiro atoms. The second kappa shape index (κ2) is 7.67. The number of hydrogen-bond acceptors (Lipinski definition) is 5. The maximum absolute atomic E-state index is 12.6. The first kappa shape index (κ1) is 18.7. The van der Waals surface area contributed by atoms with Crippen LogP contribution in [0.5, 0.6) is 11.5 Å². The minimum atomic E-state index is -0.311. The number of ether oxygens (including phenoxy) is 2. The SMILES string of the molecule is COc1cc(NC(=O)Cc2nn(C)c(=O)c3ccccc23)c(OC)cc1Cl. The Balaban J connectivity index is 1.93. The molecule has 0 aliphatic carbocycles. The second-order valence-corrected chi connectivity index (χ2v) is 6.24. The van der Waals surface area contributed by atoms with Gasteiger partial charge in [0.15, 0.2) is 0 Å². The Morgan fingerprint density at radius 3 is 2.48 bits per heavy atom. The summed E-state index contributed by atoms with van der Waals surface area (Å²) >= 11 is 6.08. The van der Waals surface area contributed by atoms with Crippen molar-refractivity contribution in [3.05, 3.63) is 57.5 Å². The lowest BCUT2D eigenvalue weighted by Crippen LogP contribution is -2.24. The molecule has 0 radical (unpaired) electrons. The van der Waals surface area contributed by atoms with Gasteiger partial charge in [-0.05, 0) is 6.07 Å². The Morgan fingerprint density at radius 1 is 1.15 bits per heavy atom. The van der Waals surface area contributed by atoms with Gasteiger partial charge in [-0.15, -0.1) is 0 Å². The number of benzene rings is 2. The summed E-state index contributed by atoms with van der Waals surface area (Å²) in [5, 5.41) is 8.56. The molecule has 2 aromatic carbocycles. The maximum atomic E-state index is 12.6. The van der Waals surface area contributed by atoms with E-state index in [1.165, 1.54) is 18.9 Å². The van der Waals surface area contributed by atoms with Gasteiger partial charge in [0.2, 0.25) is 5.91 Å². The summed E-state index contributed by atoms with van der Waals surface area (Å²) in [5.41, 5.74) is 0.724. The third-order valence-corrected chi connectivity index (χ3v) is 4.40. The number of carbonyl (C=O) groups excluding carboxylic acids is 1. The number of halogens is 1. The van der Waals surface area contributed by atoms with Gasteiger partial charge >= 0.3 is 0 Å². The zero-order chi connectivity index (χ0) is 19.6. The summed E-state index contributed by atoms with van der Waals surface area (Å²) in [7, 11) is 4.53. The van der Waals surface area contributed by atoms with E-state index >= 15 is 0 Å². The number of aromatic nitrogens is 2. The fraction of sp³-hybridized carbons (Fsp3) is 0.211. The van der Waals surface area contributed by atoms with Crippen LogP contribution in [-0.4, -0.2) is 29.9 Å². The highest BCUT2D eigenvalue weighted by molar-refractivity contribution is 6.32. The van der Waals surface area contributed by atoms with Crippen LogP contribution in [0.2, 0.25) is 5.02 Å². The number of anilines is 1. The molecule has 7 nitrogen and oxygen atoms in total. The van der Waals surface area contributed by atoms with Crippen molar-refractivity contribution in [2.45, 2.75) is 6.42 Å². The smallest absolute Gasteiger partial charge is 0.274 e. The summed E-state index contributed by atoms with van der Waals surface area (Å²) in [6, 6.07) is 10.2. The average molecular weight is 388 g/mol. The van der Waals surface area contributed by atoms with Crippen molar-refractivity contribution in [2.75, 3.05) is 19.5 Å². The Kier molecular flexibility index (Phi) is 5.32.